The summed E-state index contributed by atoms with van der Waals surface area (Å²) in [5, 5.41) is 6.40. The lowest BCUT2D eigenvalue weighted by atomic mass is 9.84. The molecule has 0 aliphatic carbocycles. The summed E-state index contributed by atoms with van der Waals surface area (Å²) in [5.74, 6) is 1.24. The van der Waals surface area contributed by atoms with Gasteiger partial charge in [0.1, 0.15) is 5.75 Å². The number of nitrogens with two attached hydrogens (primary N) is 1. The summed E-state index contributed by atoms with van der Waals surface area (Å²) in [7, 11) is 0. The number of ether oxygens (including phenoxy) is 1. The summed E-state index contributed by atoms with van der Waals surface area (Å²) in [6.45, 7) is 3.56. The van der Waals surface area contributed by atoms with Crippen molar-refractivity contribution in [3.05, 3.63) is 12.1 Å². The number of fused-ring (bicyclic) bond motifs is 4. The van der Waals surface area contributed by atoms with E-state index in [9.17, 15) is 4.79 Å². The van der Waals surface area contributed by atoms with E-state index in [0.717, 1.165) is 18.2 Å². The highest BCUT2D eigenvalue weighted by atomic mass is 16.5. The number of nitrogens with one attached hydrogen (secondary N) is 2. The van der Waals surface area contributed by atoms with Crippen molar-refractivity contribution in [2.45, 2.75) is 18.9 Å². The predicted octanol–water partition coefficient (Wildman–Crippen LogP) is 1.11. The molecule has 4 aliphatic heterocycles. The van der Waals surface area contributed by atoms with Crippen LogP contribution in [0.25, 0.3) is 0 Å². The molecule has 1 amide bonds. The van der Waals surface area contributed by atoms with E-state index in [1.165, 1.54) is 25.9 Å². The normalized spacial score (nSPS) is 30.3. The van der Waals surface area contributed by atoms with Gasteiger partial charge < -0.3 is 26.0 Å². The maximum absolute atomic E-state index is 11.4. The lowest BCUT2D eigenvalue weighted by Gasteiger charge is -2.45. The molecule has 1 unspecified atom stereocenters. The van der Waals surface area contributed by atoms with Crippen LogP contribution in [0.15, 0.2) is 12.1 Å². The molecule has 2 bridgehead atoms. The molecule has 0 saturated carbocycles. The van der Waals surface area contributed by atoms with Crippen LogP contribution in [0.3, 0.4) is 0 Å². The number of benzene rings is 1. The zero-order chi connectivity index (χ0) is 14.4. The summed E-state index contributed by atoms with van der Waals surface area (Å²) in [5.41, 5.74) is 8.38. The van der Waals surface area contributed by atoms with Gasteiger partial charge in [0.15, 0.2) is 6.61 Å². The first-order valence-corrected chi connectivity index (χ1v) is 7.54. The van der Waals surface area contributed by atoms with Crippen molar-refractivity contribution in [1.82, 2.24) is 4.90 Å². The number of rotatable bonds is 2. The van der Waals surface area contributed by atoms with Crippen LogP contribution in [-0.2, 0) is 4.79 Å². The van der Waals surface area contributed by atoms with Crippen molar-refractivity contribution >= 4 is 23.0 Å². The third-order valence-electron chi connectivity index (χ3n) is 4.78. The van der Waals surface area contributed by atoms with Crippen molar-refractivity contribution in [3.63, 3.8) is 0 Å². The molecule has 5 rings (SSSR count). The Morgan fingerprint density at radius 1 is 1.33 bits per heavy atom. The number of carbonyl (C=O) groups is 1. The number of hydrogen-bond acceptors (Lipinski definition) is 5. The number of carbonyl (C=O) groups excluding carboxylic acids is 1. The smallest absolute Gasteiger partial charge is 0.262 e. The van der Waals surface area contributed by atoms with Crippen LogP contribution in [0.2, 0.25) is 0 Å². The molecule has 0 aromatic heterocycles. The molecule has 4 heterocycles. The van der Waals surface area contributed by atoms with E-state index in [1.807, 2.05) is 6.07 Å². The van der Waals surface area contributed by atoms with Crippen LogP contribution < -0.4 is 21.1 Å². The zero-order valence-electron chi connectivity index (χ0n) is 11.9. The lowest BCUT2D eigenvalue weighted by Crippen LogP contribution is -2.53. The van der Waals surface area contributed by atoms with Crippen molar-refractivity contribution < 1.29 is 9.53 Å². The second kappa shape index (κ2) is 4.80. The van der Waals surface area contributed by atoms with Crippen molar-refractivity contribution in [1.29, 1.82) is 0 Å². The molecule has 0 radical (unpaired) electrons. The number of nitrogens with zero attached hydrogens (tertiary/aromatic N) is 1. The van der Waals surface area contributed by atoms with Gasteiger partial charge in [0.05, 0.1) is 17.1 Å². The van der Waals surface area contributed by atoms with Gasteiger partial charge in [-0.25, -0.2) is 0 Å². The van der Waals surface area contributed by atoms with Crippen molar-refractivity contribution in [2.24, 2.45) is 5.92 Å². The average molecular weight is 288 g/mol. The minimum absolute atomic E-state index is 0.0544. The minimum Gasteiger partial charge on any atom is -0.482 e. The quantitative estimate of drug-likeness (QED) is 0.710. The summed E-state index contributed by atoms with van der Waals surface area (Å²) >= 11 is 0. The fourth-order valence-electron chi connectivity index (χ4n) is 3.60. The monoisotopic (exact) mass is 288 g/mol. The Morgan fingerprint density at radius 3 is 2.86 bits per heavy atom. The predicted molar refractivity (Wildman–Crippen MR) is 81.6 cm³/mol. The lowest BCUT2D eigenvalue weighted by molar-refractivity contribution is -0.118. The molecule has 1 aromatic rings. The Morgan fingerprint density at radius 2 is 2.14 bits per heavy atom. The standard InChI is InChI=1S/C15H20N4O2/c16-10-5-14-12(18-15(20)8-21-14)6-11(10)17-13-7-19-3-1-9(13)2-4-19/h5-6,9,13,17H,1-4,7-8,16H2,(H,18,20). The van der Waals surface area contributed by atoms with Crippen LogP contribution in [0.5, 0.6) is 5.75 Å². The molecular formula is C15H20N4O2. The molecule has 1 atom stereocenters. The van der Waals surface area contributed by atoms with Crippen LogP contribution in [0, 0.1) is 5.92 Å². The molecule has 4 N–H and O–H groups in total. The third kappa shape index (κ3) is 2.29. The molecule has 1 aromatic carbocycles. The minimum atomic E-state index is -0.124. The molecule has 4 aliphatic rings. The van der Waals surface area contributed by atoms with E-state index >= 15 is 0 Å². The summed E-state index contributed by atoms with van der Waals surface area (Å²) in [6.07, 6.45) is 2.50. The molecule has 3 fully saturated rings. The second-order valence-corrected chi connectivity index (χ2v) is 6.16. The van der Waals surface area contributed by atoms with Gasteiger partial charge in [0.25, 0.3) is 5.91 Å². The van der Waals surface area contributed by atoms with Gasteiger partial charge in [-0.05, 0) is 37.9 Å². The van der Waals surface area contributed by atoms with Crippen LogP contribution in [-0.4, -0.2) is 43.1 Å². The van der Waals surface area contributed by atoms with Gasteiger partial charge in [0.2, 0.25) is 0 Å². The second-order valence-electron chi connectivity index (χ2n) is 6.16. The molecule has 6 nitrogen and oxygen atoms in total. The summed E-state index contributed by atoms with van der Waals surface area (Å²) in [6, 6.07) is 4.12. The topological polar surface area (TPSA) is 79.6 Å². The Kier molecular flexibility index (Phi) is 2.92. The maximum atomic E-state index is 11.4. The van der Waals surface area contributed by atoms with E-state index in [1.54, 1.807) is 6.07 Å². The first-order valence-electron chi connectivity index (χ1n) is 7.54. The molecule has 0 spiro atoms. The highest BCUT2D eigenvalue weighted by Gasteiger charge is 2.34. The van der Waals surface area contributed by atoms with Gasteiger partial charge in [0, 0.05) is 18.7 Å². The van der Waals surface area contributed by atoms with E-state index < -0.39 is 0 Å². The average Bonchev–Trinajstić information content (AvgIpc) is 2.50. The summed E-state index contributed by atoms with van der Waals surface area (Å²) in [4.78, 5) is 13.9. The highest BCUT2D eigenvalue weighted by molar-refractivity contribution is 5.97. The van der Waals surface area contributed by atoms with Gasteiger partial charge in [-0.3, -0.25) is 4.79 Å². The number of amides is 1. The first-order chi connectivity index (χ1) is 10.2. The molecule has 112 valence electrons. The number of hydrogen-bond donors (Lipinski definition) is 3. The van der Waals surface area contributed by atoms with E-state index in [2.05, 4.69) is 15.5 Å². The number of anilines is 3. The highest BCUT2D eigenvalue weighted by Crippen LogP contribution is 2.37. The van der Waals surface area contributed by atoms with Gasteiger partial charge in [-0.15, -0.1) is 0 Å². The van der Waals surface area contributed by atoms with Gasteiger partial charge in [-0.1, -0.05) is 0 Å². The molecular weight excluding hydrogens is 268 g/mol. The first kappa shape index (κ1) is 12.8. The van der Waals surface area contributed by atoms with Crippen LogP contribution in [0.4, 0.5) is 17.1 Å². The Balaban J connectivity index is 1.57. The third-order valence-corrected chi connectivity index (χ3v) is 4.78. The molecule has 3 saturated heterocycles. The Bertz CT molecular complexity index is 581. The fourth-order valence-corrected chi connectivity index (χ4v) is 3.60. The van der Waals surface area contributed by atoms with Crippen LogP contribution >= 0.6 is 0 Å². The van der Waals surface area contributed by atoms with Crippen molar-refractivity contribution in [3.8, 4) is 5.75 Å². The fraction of sp³-hybridized carbons (Fsp3) is 0.533. The zero-order valence-corrected chi connectivity index (χ0v) is 11.9. The van der Waals surface area contributed by atoms with E-state index in [4.69, 9.17) is 10.5 Å². The summed E-state index contributed by atoms with van der Waals surface area (Å²) < 4.78 is 5.38. The Labute approximate surface area is 123 Å². The SMILES string of the molecule is Nc1cc2c(cc1NC1CN3CCC1CC3)NC(=O)CO2. The molecule has 21 heavy (non-hydrogen) atoms. The molecule has 6 heteroatoms. The van der Waals surface area contributed by atoms with Gasteiger partial charge >= 0.3 is 0 Å². The van der Waals surface area contributed by atoms with Gasteiger partial charge in [-0.2, -0.15) is 0 Å². The number of piperidine rings is 3. The largest absolute Gasteiger partial charge is 0.482 e. The van der Waals surface area contributed by atoms with Crippen LogP contribution in [0.1, 0.15) is 12.8 Å². The number of nitrogen functional groups attached to an aromatic ring is 1. The van der Waals surface area contributed by atoms with E-state index in [-0.39, 0.29) is 12.5 Å². The van der Waals surface area contributed by atoms with Crippen molar-refractivity contribution in [2.75, 3.05) is 42.6 Å². The Hall–Kier alpha value is -1.95. The maximum Gasteiger partial charge on any atom is 0.262 e. The van der Waals surface area contributed by atoms with E-state index in [0.29, 0.717) is 23.2 Å².